The number of aliphatic hydroxyl groups is 1. The van der Waals surface area contributed by atoms with E-state index in [2.05, 4.69) is 18.7 Å². The Kier molecular flexibility index (Phi) is 8.73. The molecule has 0 aromatic heterocycles. The first-order valence-corrected chi connectivity index (χ1v) is 4.97. The molecule has 1 N–H and O–H groups in total. The lowest BCUT2D eigenvalue weighted by Gasteiger charge is -2.19. The van der Waals surface area contributed by atoms with Crippen molar-refractivity contribution in [3.8, 4) is 0 Å². The van der Waals surface area contributed by atoms with Crippen LogP contribution >= 0.6 is 0 Å². The second-order valence-electron chi connectivity index (χ2n) is 3.13. The van der Waals surface area contributed by atoms with Crippen LogP contribution in [0.15, 0.2) is 0 Å². The quantitative estimate of drug-likeness (QED) is 0.563. The molecule has 0 aliphatic rings. The van der Waals surface area contributed by atoms with E-state index >= 15 is 0 Å². The Bertz CT molecular complexity index is 77.9. The lowest BCUT2D eigenvalue weighted by Crippen LogP contribution is -2.28. The molecule has 0 aliphatic heterocycles. The fourth-order valence-corrected chi connectivity index (χ4v) is 1.19. The molecule has 12 heavy (non-hydrogen) atoms. The van der Waals surface area contributed by atoms with Crippen LogP contribution in [0.5, 0.6) is 0 Å². The van der Waals surface area contributed by atoms with Gasteiger partial charge >= 0.3 is 0 Å². The normalized spacial score (nSPS) is 10.9. The zero-order valence-electron chi connectivity index (χ0n) is 8.26. The summed E-state index contributed by atoms with van der Waals surface area (Å²) in [6.45, 7) is 9.31. The van der Waals surface area contributed by atoms with Gasteiger partial charge in [-0.2, -0.15) is 0 Å². The van der Waals surface area contributed by atoms with Crippen LogP contribution in [0.2, 0.25) is 0 Å². The Morgan fingerprint density at radius 1 is 1.17 bits per heavy atom. The summed E-state index contributed by atoms with van der Waals surface area (Å²) >= 11 is 0. The summed E-state index contributed by atoms with van der Waals surface area (Å²) in [7, 11) is 0. The molecular weight excluding hydrogens is 150 g/mol. The molecule has 0 saturated heterocycles. The topological polar surface area (TPSA) is 23.5 Å². The van der Waals surface area contributed by atoms with Crippen molar-refractivity contribution in [2.24, 2.45) is 0 Å². The number of rotatable bonds is 8. The van der Waals surface area contributed by atoms with Crippen molar-refractivity contribution in [1.82, 2.24) is 4.90 Å². The molecule has 0 unspecified atom stereocenters. The summed E-state index contributed by atoms with van der Waals surface area (Å²) in [6, 6.07) is 0. The van der Waals surface area contributed by atoms with Crippen LogP contribution in [0.4, 0.5) is 0 Å². The van der Waals surface area contributed by atoms with Crippen LogP contribution in [-0.2, 0) is 0 Å². The zero-order chi connectivity index (χ0) is 9.23. The van der Waals surface area contributed by atoms with Gasteiger partial charge in [0.1, 0.15) is 0 Å². The van der Waals surface area contributed by atoms with E-state index in [1.807, 2.05) is 0 Å². The lowest BCUT2D eigenvalue weighted by molar-refractivity contribution is 0.192. The number of nitrogens with zero attached hydrogens (tertiary/aromatic N) is 1. The van der Waals surface area contributed by atoms with Gasteiger partial charge in [0.05, 0.1) is 20.0 Å². The van der Waals surface area contributed by atoms with Gasteiger partial charge in [-0.25, -0.2) is 0 Å². The van der Waals surface area contributed by atoms with Gasteiger partial charge in [0.15, 0.2) is 0 Å². The van der Waals surface area contributed by atoms with E-state index in [0.717, 1.165) is 32.5 Å². The van der Waals surface area contributed by atoms with E-state index in [1.165, 1.54) is 12.8 Å². The Morgan fingerprint density at radius 2 is 1.83 bits per heavy atom. The number of hydrogen-bond donors (Lipinski definition) is 1. The van der Waals surface area contributed by atoms with Crippen LogP contribution in [0.1, 0.15) is 32.6 Å². The molecule has 0 fully saturated rings. The molecule has 0 heterocycles. The first-order chi connectivity index (χ1) is 5.85. The van der Waals surface area contributed by atoms with E-state index in [9.17, 15) is 0 Å². The smallest absolute Gasteiger partial charge is 0.0862 e. The largest absolute Gasteiger partial charge is 0.395 e. The first kappa shape index (κ1) is 11.8. The second kappa shape index (κ2) is 8.88. The van der Waals surface area contributed by atoms with E-state index < -0.39 is 0 Å². The molecule has 0 radical (unpaired) electrons. The van der Waals surface area contributed by atoms with Crippen LogP contribution in [0.25, 0.3) is 0 Å². The van der Waals surface area contributed by atoms with Gasteiger partial charge < -0.3 is 10.0 Å². The van der Waals surface area contributed by atoms with E-state index in [-0.39, 0.29) is 6.61 Å². The molecule has 0 saturated carbocycles. The molecule has 0 aliphatic carbocycles. The van der Waals surface area contributed by atoms with Crippen LogP contribution in [0, 0.1) is 6.92 Å². The molecule has 0 rings (SSSR count). The fraction of sp³-hybridized carbons (Fsp3) is 0.900. The molecule has 0 aromatic carbocycles. The van der Waals surface area contributed by atoms with Crippen molar-refractivity contribution in [2.75, 3.05) is 26.2 Å². The van der Waals surface area contributed by atoms with Crippen molar-refractivity contribution in [3.05, 3.63) is 6.92 Å². The Labute approximate surface area is 76.6 Å². The minimum absolute atomic E-state index is 0.279. The maximum atomic E-state index is 8.78. The summed E-state index contributed by atoms with van der Waals surface area (Å²) in [4.78, 5) is 2.31. The van der Waals surface area contributed by atoms with Crippen LogP contribution in [0.3, 0.4) is 0 Å². The predicted molar refractivity (Wildman–Crippen MR) is 53.0 cm³/mol. The molecule has 2 heteroatoms. The average molecular weight is 172 g/mol. The van der Waals surface area contributed by atoms with E-state index in [4.69, 9.17) is 5.11 Å². The Morgan fingerprint density at radius 3 is 2.33 bits per heavy atom. The Balaban J connectivity index is 3.40. The van der Waals surface area contributed by atoms with Gasteiger partial charge in [-0.3, -0.25) is 0 Å². The second-order valence-corrected chi connectivity index (χ2v) is 3.13. The van der Waals surface area contributed by atoms with Gasteiger partial charge in [0.2, 0.25) is 0 Å². The summed E-state index contributed by atoms with van der Waals surface area (Å²) in [5.74, 6) is 0. The third-order valence-electron chi connectivity index (χ3n) is 1.97. The van der Waals surface area contributed by atoms with Gasteiger partial charge in [-0.05, 0) is 13.0 Å². The Hall–Kier alpha value is -0.210. The molecule has 72 valence electrons. The van der Waals surface area contributed by atoms with E-state index in [0.29, 0.717) is 0 Å². The zero-order valence-corrected chi connectivity index (χ0v) is 8.26. The molecule has 0 bridgehead atoms. The highest BCUT2D eigenvalue weighted by Crippen LogP contribution is 1.97. The lowest BCUT2D eigenvalue weighted by atomic mass is 10.2. The third kappa shape index (κ3) is 6.50. The third-order valence-corrected chi connectivity index (χ3v) is 1.97. The van der Waals surface area contributed by atoms with Crippen molar-refractivity contribution >= 4 is 0 Å². The predicted octanol–water partition coefficient (Wildman–Crippen LogP) is 1.70. The van der Waals surface area contributed by atoms with Crippen molar-refractivity contribution in [3.63, 3.8) is 0 Å². The molecule has 0 atom stereocenters. The fourth-order valence-electron chi connectivity index (χ4n) is 1.19. The highest BCUT2D eigenvalue weighted by Gasteiger charge is 2.02. The SMILES string of the molecule is [CH2+]CCCN(CCO)CCCC. The number of hydrogen-bond acceptors (Lipinski definition) is 2. The molecule has 0 amide bonds. The van der Waals surface area contributed by atoms with Gasteiger partial charge in [-0.15, -0.1) is 0 Å². The molecular formula is C10H22NO+. The first-order valence-electron chi connectivity index (χ1n) is 4.97. The molecule has 2 nitrogen and oxygen atoms in total. The minimum Gasteiger partial charge on any atom is -0.395 e. The van der Waals surface area contributed by atoms with E-state index in [1.54, 1.807) is 0 Å². The van der Waals surface area contributed by atoms with Crippen molar-refractivity contribution in [2.45, 2.75) is 32.6 Å². The monoisotopic (exact) mass is 172 g/mol. The summed E-state index contributed by atoms with van der Waals surface area (Å²) in [5, 5.41) is 8.78. The van der Waals surface area contributed by atoms with Gasteiger partial charge in [0.25, 0.3) is 0 Å². The van der Waals surface area contributed by atoms with Gasteiger partial charge in [-0.1, -0.05) is 13.3 Å². The maximum absolute atomic E-state index is 8.78. The highest BCUT2D eigenvalue weighted by molar-refractivity contribution is 4.57. The van der Waals surface area contributed by atoms with Gasteiger partial charge in [0, 0.05) is 19.5 Å². The molecule has 0 spiro atoms. The summed E-state index contributed by atoms with van der Waals surface area (Å²) in [5.41, 5.74) is 0. The summed E-state index contributed by atoms with van der Waals surface area (Å²) in [6.07, 6.45) is 4.60. The minimum atomic E-state index is 0.279. The van der Waals surface area contributed by atoms with Crippen LogP contribution in [-0.4, -0.2) is 36.2 Å². The average Bonchev–Trinajstić information content (AvgIpc) is 2.10. The maximum Gasteiger partial charge on any atom is 0.0862 e. The number of unbranched alkanes of at least 4 members (excludes halogenated alkanes) is 2. The van der Waals surface area contributed by atoms with Crippen molar-refractivity contribution in [1.29, 1.82) is 0 Å². The highest BCUT2D eigenvalue weighted by atomic mass is 16.3. The summed E-state index contributed by atoms with van der Waals surface area (Å²) < 4.78 is 0. The number of aliphatic hydroxyl groups excluding tert-OH is 1. The van der Waals surface area contributed by atoms with Crippen LogP contribution < -0.4 is 0 Å². The standard InChI is InChI=1S/C10H22NO/c1-3-5-7-11(9-10-12)8-6-4-2/h12H,1,3-10H2,2H3/q+1. The van der Waals surface area contributed by atoms with Crippen molar-refractivity contribution < 1.29 is 5.11 Å². The molecule has 0 aromatic rings.